The number of hydrogen-bond donors (Lipinski definition) is 2. The molecule has 0 saturated carbocycles. The summed E-state index contributed by atoms with van der Waals surface area (Å²) in [5.74, 6) is 0.468. The molecule has 106 valence electrons. The smallest absolute Gasteiger partial charge is 0.315 e. The molecule has 0 aromatic heterocycles. The summed E-state index contributed by atoms with van der Waals surface area (Å²) in [5.41, 5.74) is 1.08. The molecule has 0 fully saturated rings. The van der Waals surface area contributed by atoms with Gasteiger partial charge in [-0.1, -0.05) is 23.7 Å². The molecule has 1 aromatic rings. The van der Waals surface area contributed by atoms with Crippen LogP contribution in [0.4, 0.5) is 4.79 Å². The fourth-order valence-electron chi connectivity index (χ4n) is 1.65. The molecule has 4 nitrogen and oxygen atoms in total. The van der Waals surface area contributed by atoms with Crippen LogP contribution in [0.15, 0.2) is 24.3 Å². The summed E-state index contributed by atoms with van der Waals surface area (Å²) in [7, 11) is -0.886. The molecule has 1 rings (SSSR count). The van der Waals surface area contributed by atoms with Gasteiger partial charge in [0.1, 0.15) is 0 Å². The molecule has 0 spiro atoms. The lowest BCUT2D eigenvalue weighted by Crippen LogP contribution is -2.42. The summed E-state index contributed by atoms with van der Waals surface area (Å²) in [4.78, 5) is 11.5. The number of urea groups is 1. The van der Waals surface area contributed by atoms with Crippen LogP contribution in [0.2, 0.25) is 5.02 Å². The van der Waals surface area contributed by atoms with Crippen molar-refractivity contribution in [2.75, 3.05) is 18.6 Å². The first-order chi connectivity index (χ1) is 8.97. The van der Waals surface area contributed by atoms with E-state index in [0.717, 1.165) is 5.56 Å². The minimum Gasteiger partial charge on any atom is -0.337 e. The zero-order valence-corrected chi connectivity index (χ0v) is 12.7. The van der Waals surface area contributed by atoms with Gasteiger partial charge in [-0.3, -0.25) is 4.21 Å². The van der Waals surface area contributed by atoms with E-state index < -0.39 is 10.8 Å². The van der Waals surface area contributed by atoms with Crippen LogP contribution in [0.1, 0.15) is 12.5 Å². The molecule has 6 heteroatoms. The van der Waals surface area contributed by atoms with Gasteiger partial charge >= 0.3 is 6.03 Å². The third-order valence-corrected chi connectivity index (χ3v) is 3.50. The minimum absolute atomic E-state index is 0.00518. The fourth-order valence-corrected chi connectivity index (χ4v) is 2.25. The quantitative estimate of drug-likeness (QED) is 0.844. The van der Waals surface area contributed by atoms with Gasteiger partial charge in [0.25, 0.3) is 0 Å². The van der Waals surface area contributed by atoms with Crippen molar-refractivity contribution in [3.05, 3.63) is 34.9 Å². The molecule has 0 unspecified atom stereocenters. The van der Waals surface area contributed by atoms with Crippen molar-refractivity contribution < 1.29 is 9.00 Å². The summed E-state index contributed by atoms with van der Waals surface area (Å²) in [6.07, 6.45) is 2.33. The predicted molar refractivity (Wildman–Crippen MR) is 80.1 cm³/mol. The highest BCUT2D eigenvalue weighted by atomic mass is 35.5. The summed E-state index contributed by atoms with van der Waals surface area (Å²) >= 11 is 5.90. The van der Waals surface area contributed by atoms with E-state index in [9.17, 15) is 9.00 Å². The van der Waals surface area contributed by atoms with E-state index >= 15 is 0 Å². The van der Waals surface area contributed by atoms with E-state index in [1.165, 1.54) is 0 Å². The number of rotatable bonds is 6. The second-order valence-electron chi connectivity index (χ2n) is 4.41. The molecule has 0 aliphatic heterocycles. The number of hydrogen-bond acceptors (Lipinski definition) is 2. The van der Waals surface area contributed by atoms with E-state index in [1.807, 2.05) is 31.2 Å². The third-order valence-electron chi connectivity index (χ3n) is 2.48. The van der Waals surface area contributed by atoms with Crippen LogP contribution in [-0.4, -0.2) is 34.8 Å². The average Bonchev–Trinajstić information content (AvgIpc) is 2.27. The Morgan fingerprint density at radius 3 is 2.84 bits per heavy atom. The van der Waals surface area contributed by atoms with Crippen LogP contribution in [0.25, 0.3) is 0 Å². The van der Waals surface area contributed by atoms with Gasteiger partial charge in [-0.25, -0.2) is 4.79 Å². The maximum absolute atomic E-state index is 11.5. The zero-order chi connectivity index (χ0) is 14.3. The van der Waals surface area contributed by atoms with Crippen molar-refractivity contribution in [3.63, 3.8) is 0 Å². The van der Waals surface area contributed by atoms with Crippen LogP contribution in [0.5, 0.6) is 0 Å². The lowest BCUT2D eigenvalue weighted by molar-refractivity contribution is 0.238. The highest BCUT2D eigenvalue weighted by molar-refractivity contribution is 7.84. The number of nitrogens with one attached hydrogen (secondary N) is 2. The van der Waals surface area contributed by atoms with Crippen LogP contribution in [-0.2, 0) is 17.2 Å². The number of benzene rings is 1. The van der Waals surface area contributed by atoms with Gasteiger partial charge in [0, 0.05) is 40.4 Å². The summed E-state index contributed by atoms with van der Waals surface area (Å²) in [6, 6.07) is 7.34. The maximum atomic E-state index is 11.5. The van der Waals surface area contributed by atoms with Crippen molar-refractivity contribution in [3.8, 4) is 0 Å². The molecular formula is C13H19ClN2O2S. The molecule has 0 radical (unpaired) electrons. The largest absolute Gasteiger partial charge is 0.337 e. The standard InChI is InChI=1S/C13H19ClN2O2S/c1-10(8-11-4-3-5-12(14)9-11)16-13(17)15-6-7-19(2)18/h3-5,9-10H,6-8H2,1-2H3,(H2,15,16,17)/t10-,19+/m1/s1. The van der Waals surface area contributed by atoms with Gasteiger partial charge in [0.15, 0.2) is 0 Å². The Kier molecular flexibility index (Phi) is 6.87. The van der Waals surface area contributed by atoms with Crippen LogP contribution >= 0.6 is 11.6 Å². The first-order valence-electron chi connectivity index (χ1n) is 6.06. The highest BCUT2D eigenvalue weighted by Crippen LogP contribution is 2.12. The molecule has 0 aliphatic carbocycles. The molecular weight excluding hydrogens is 284 g/mol. The second-order valence-corrected chi connectivity index (χ2v) is 6.40. The first kappa shape index (κ1) is 16.0. The summed E-state index contributed by atoms with van der Waals surface area (Å²) in [5, 5.41) is 6.20. The van der Waals surface area contributed by atoms with Gasteiger partial charge < -0.3 is 10.6 Å². The van der Waals surface area contributed by atoms with Crippen LogP contribution in [0.3, 0.4) is 0 Å². The molecule has 0 bridgehead atoms. The third kappa shape index (κ3) is 7.18. The van der Waals surface area contributed by atoms with Crippen LogP contribution < -0.4 is 10.6 Å². The van der Waals surface area contributed by atoms with Crippen molar-refractivity contribution >= 4 is 28.4 Å². The zero-order valence-electron chi connectivity index (χ0n) is 11.1. The van der Waals surface area contributed by atoms with Gasteiger partial charge in [-0.2, -0.15) is 0 Å². The number of carbonyl (C=O) groups is 1. The monoisotopic (exact) mass is 302 g/mol. The lowest BCUT2D eigenvalue weighted by Gasteiger charge is -2.14. The van der Waals surface area contributed by atoms with Gasteiger partial charge in [-0.15, -0.1) is 0 Å². The molecule has 0 aliphatic rings. The molecule has 19 heavy (non-hydrogen) atoms. The normalized spacial score (nSPS) is 13.6. The lowest BCUT2D eigenvalue weighted by atomic mass is 10.1. The van der Waals surface area contributed by atoms with Gasteiger partial charge in [-0.05, 0) is 31.0 Å². The predicted octanol–water partition coefficient (Wildman–Crippen LogP) is 1.95. The highest BCUT2D eigenvalue weighted by Gasteiger charge is 2.07. The van der Waals surface area contributed by atoms with Gasteiger partial charge in [0.05, 0.1) is 0 Å². The molecule has 1 aromatic carbocycles. The Morgan fingerprint density at radius 2 is 2.21 bits per heavy atom. The van der Waals surface area contributed by atoms with E-state index in [1.54, 1.807) is 6.26 Å². The number of halogens is 1. The first-order valence-corrected chi connectivity index (χ1v) is 8.16. The van der Waals surface area contributed by atoms with Crippen molar-refractivity contribution in [1.82, 2.24) is 10.6 Å². The van der Waals surface area contributed by atoms with E-state index in [-0.39, 0.29) is 12.1 Å². The van der Waals surface area contributed by atoms with E-state index in [2.05, 4.69) is 10.6 Å². The Morgan fingerprint density at radius 1 is 1.47 bits per heavy atom. The van der Waals surface area contributed by atoms with E-state index in [4.69, 9.17) is 11.6 Å². The SMILES string of the molecule is C[C@H](Cc1cccc(Cl)c1)NC(=O)NCC[S@](C)=O. The fraction of sp³-hybridized carbons (Fsp3) is 0.462. The minimum atomic E-state index is -0.886. The Bertz CT molecular complexity index is 454. The van der Waals surface area contributed by atoms with Gasteiger partial charge in [0.2, 0.25) is 0 Å². The molecule has 2 amide bonds. The molecule has 0 heterocycles. The summed E-state index contributed by atoms with van der Waals surface area (Å²) in [6.45, 7) is 2.34. The topological polar surface area (TPSA) is 58.2 Å². The van der Waals surface area contributed by atoms with Crippen molar-refractivity contribution in [2.45, 2.75) is 19.4 Å². The molecule has 2 atom stereocenters. The summed E-state index contributed by atoms with van der Waals surface area (Å²) < 4.78 is 10.8. The Hall–Kier alpha value is -1.07. The van der Waals surface area contributed by atoms with Crippen molar-refractivity contribution in [1.29, 1.82) is 0 Å². The van der Waals surface area contributed by atoms with Crippen LogP contribution in [0, 0.1) is 0 Å². The van der Waals surface area contributed by atoms with E-state index in [0.29, 0.717) is 23.7 Å². The molecule has 0 saturated heterocycles. The molecule has 2 N–H and O–H groups in total. The second kappa shape index (κ2) is 8.17. The Balaban J connectivity index is 2.32. The Labute approximate surface area is 121 Å². The maximum Gasteiger partial charge on any atom is 0.315 e. The number of amides is 2. The van der Waals surface area contributed by atoms with Crippen molar-refractivity contribution in [2.24, 2.45) is 0 Å². The average molecular weight is 303 g/mol. The number of carbonyl (C=O) groups excluding carboxylic acids is 1.